The van der Waals surface area contributed by atoms with Crippen LogP contribution in [0.5, 0.6) is 0 Å². The zero-order valence-electron chi connectivity index (χ0n) is 12.5. The van der Waals surface area contributed by atoms with E-state index in [4.69, 9.17) is 11.6 Å². The van der Waals surface area contributed by atoms with Crippen LogP contribution in [0, 0.1) is 6.92 Å². The standard InChI is InChI=1S/C17H16ClN3O2/c1-10-6-7-11(18)8-14(10)20-16(22)9-15-17(23)21-13-5-3-2-4-12(13)19-15/h2-8,15,19H,9H2,1H3,(H,20,22)(H,21,23). The van der Waals surface area contributed by atoms with Gasteiger partial charge >= 0.3 is 0 Å². The summed E-state index contributed by atoms with van der Waals surface area (Å²) in [6.07, 6.45) is 0.0339. The average Bonchev–Trinajstić information content (AvgIpc) is 2.51. The fraction of sp³-hybridized carbons (Fsp3) is 0.176. The Morgan fingerprint density at radius 3 is 2.74 bits per heavy atom. The molecule has 1 unspecified atom stereocenters. The van der Waals surface area contributed by atoms with E-state index in [1.165, 1.54) is 0 Å². The van der Waals surface area contributed by atoms with E-state index in [9.17, 15) is 9.59 Å². The molecule has 0 fully saturated rings. The topological polar surface area (TPSA) is 70.2 Å². The minimum atomic E-state index is -0.607. The van der Waals surface area contributed by atoms with Crippen molar-refractivity contribution in [1.82, 2.24) is 0 Å². The summed E-state index contributed by atoms with van der Waals surface area (Å²) in [6, 6.07) is 12.1. The number of carbonyl (C=O) groups excluding carboxylic acids is 2. The number of hydrogen-bond acceptors (Lipinski definition) is 3. The van der Waals surface area contributed by atoms with Gasteiger partial charge in [-0.2, -0.15) is 0 Å². The van der Waals surface area contributed by atoms with Crippen LogP contribution >= 0.6 is 11.6 Å². The van der Waals surface area contributed by atoms with Crippen LogP contribution in [0.15, 0.2) is 42.5 Å². The first kappa shape index (κ1) is 15.4. The molecule has 0 radical (unpaired) electrons. The Morgan fingerprint density at radius 2 is 1.96 bits per heavy atom. The lowest BCUT2D eigenvalue weighted by molar-refractivity contribution is -0.122. The van der Waals surface area contributed by atoms with Crippen molar-refractivity contribution in [3.63, 3.8) is 0 Å². The summed E-state index contributed by atoms with van der Waals surface area (Å²) in [5.41, 5.74) is 3.09. The Labute approximate surface area is 139 Å². The summed E-state index contributed by atoms with van der Waals surface area (Å²) in [5.74, 6) is -0.468. The van der Waals surface area contributed by atoms with Crippen LogP contribution in [0.2, 0.25) is 5.02 Å². The molecule has 6 heteroatoms. The molecule has 1 aliphatic rings. The van der Waals surface area contributed by atoms with Gasteiger partial charge in [0.1, 0.15) is 6.04 Å². The number of hydrogen-bond donors (Lipinski definition) is 3. The maximum absolute atomic E-state index is 12.2. The number of anilines is 3. The van der Waals surface area contributed by atoms with E-state index in [0.29, 0.717) is 10.7 Å². The van der Waals surface area contributed by atoms with Crippen molar-refractivity contribution in [2.24, 2.45) is 0 Å². The van der Waals surface area contributed by atoms with Gasteiger partial charge < -0.3 is 16.0 Å². The average molecular weight is 330 g/mol. The number of amides is 2. The second-order valence-corrected chi connectivity index (χ2v) is 5.88. The molecule has 0 spiro atoms. The van der Waals surface area contributed by atoms with Crippen LogP contribution < -0.4 is 16.0 Å². The monoisotopic (exact) mass is 329 g/mol. The Kier molecular flexibility index (Phi) is 4.21. The molecule has 3 N–H and O–H groups in total. The molecular weight excluding hydrogens is 314 g/mol. The lowest BCUT2D eigenvalue weighted by Crippen LogP contribution is -2.41. The van der Waals surface area contributed by atoms with Crippen molar-refractivity contribution in [2.75, 3.05) is 16.0 Å². The second-order valence-electron chi connectivity index (χ2n) is 5.44. The molecule has 5 nitrogen and oxygen atoms in total. The number of para-hydroxylation sites is 2. The molecule has 0 saturated carbocycles. The first-order valence-corrected chi connectivity index (χ1v) is 7.63. The largest absolute Gasteiger partial charge is 0.372 e. The fourth-order valence-corrected chi connectivity index (χ4v) is 2.62. The van der Waals surface area contributed by atoms with E-state index >= 15 is 0 Å². The van der Waals surface area contributed by atoms with Gasteiger partial charge in [-0.3, -0.25) is 9.59 Å². The van der Waals surface area contributed by atoms with Crippen molar-refractivity contribution in [1.29, 1.82) is 0 Å². The van der Waals surface area contributed by atoms with Crippen molar-refractivity contribution in [3.05, 3.63) is 53.1 Å². The third-order valence-electron chi connectivity index (χ3n) is 3.69. The first-order chi connectivity index (χ1) is 11.0. The molecule has 0 aromatic heterocycles. The van der Waals surface area contributed by atoms with Crippen LogP contribution in [0.1, 0.15) is 12.0 Å². The van der Waals surface area contributed by atoms with Gasteiger partial charge in [-0.25, -0.2) is 0 Å². The summed E-state index contributed by atoms with van der Waals surface area (Å²) >= 11 is 5.94. The Morgan fingerprint density at radius 1 is 1.22 bits per heavy atom. The molecule has 1 atom stereocenters. The summed E-state index contributed by atoms with van der Waals surface area (Å²) in [4.78, 5) is 24.3. The van der Waals surface area contributed by atoms with Crippen LogP contribution in [0.3, 0.4) is 0 Å². The number of carbonyl (C=O) groups is 2. The van der Waals surface area contributed by atoms with Crippen LogP contribution in [0.25, 0.3) is 0 Å². The molecule has 1 aliphatic heterocycles. The first-order valence-electron chi connectivity index (χ1n) is 7.25. The van der Waals surface area contributed by atoms with Gasteiger partial charge in [0.15, 0.2) is 0 Å². The number of benzene rings is 2. The highest BCUT2D eigenvalue weighted by atomic mass is 35.5. The Bertz CT molecular complexity index is 776. The molecule has 0 aliphatic carbocycles. The minimum absolute atomic E-state index is 0.0339. The third-order valence-corrected chi connectivity index (χ3v) is 3.93. The van der Waals surface area contributed by atoms with Crippen LogP contribution in [0.4, 0.5) is 17.1 Å². The highest BCUT2D eigenvalue weighted by molar-refractivity contribution is 6.31. The van der Waals surface area contributed by atoms with Gasteiger partial charge in [0.05, 0.1) is 17.8 Å². The molecule has 0 bridgehead atoms. The van der Waals surface area contributed by atoms with Gasteiger partial charge in [-0.1, -0.05) is 29.8 Å². The van der Waals surface area contributed by atoms with Gasteiger partial charge in [-0.15, -0.1) is 0 Å². The number of rotatable bonds is 3. The van der Waals surface area contributed by atoms with Gasteiger partial charge in [0.2, 0.25) is 11.8 Å². The van der Waals surface area contributed by atoms with E-state index in [-0.39, 0.29) is 18.2 Å². The summed E-state index contributed by atoms with van der Waals surface area (Å²) in [5, 5.41) is 9.24. The Hall–Kier alpha value is -2.53. The van der Waals surface area contributed by atoms with Crippen LogP contribution in [-0.2, 0) is 9.59 Å². The van der Waals surface area contributed by atoms with Gasteiger partial charge in [-0.05, 0) is 36.8 Å². The second kappa shape index (κ2) is 6.30. The Balaban J connectivity index is 1.69. The lowest BCUT2D eigenvalue weighted by Gasteiger charge is -2.26. The highest BCUT2D eigenvalue weighted by Gasteiger charge is 2.27. The molecule has 2 amide bonds. The third kappa shape index (κ3) is 3.46. The normalized spacial score (nSPS) is 16.1. The quantitative estimate of drug-likeness (QED) is 0.808. The number of halogens is 1. The summed E-state index contributed by atoms with van der Waals surface area (Å²) in [7, 11) is 0. The smallest absolute Gasteiger partial charge is 0.247 e. The molecule has 118 valence electrons. The zero-order chi connectivity index (χ0) is 16.4. The molecule has 1 heterocycles. The lowest BCUT2D eigenvalue weighted by atomic mass is 10.1. The fourth-order valence-electron chi connectivity index (χ4n) is 2.45. The number of fused-ring (bicyclic) bond motifs is 1. The van der Waals surface area contributed by atoms with Crippen molar-refractivity contribution >= 4 is 40.5 Å². The number of aryl methyl sites for hydroxylation is 1. The maximum atomic E-state index is 12.2. The molecule has 2 aromatic rings. The summed E-state index contributed by atoms with van der Waals surface area (Å²) in [6.45, 7) is 1.88. The van der Waals surface area contributed by atoms with E-state index in [2.05, 4.69) is 16.0 Å². The van der Waals surface area contributed by atoms with E-state index in [1.807, 2.05) is 37.3 Å². The predicted octanol–water partition coefficient (Wildman–Crippen LogP) is 3.41. The van der Waals surface area contributed by atoms with Crippen LogP contribution in [-0.4, -0.2) is 17.9 Å². The van der Waals surface area contributed by atoms with Gasteiger partial charge in [0.25, 0.3) is 0 Å². The molecule has 23 heavy (non-hydrogen) atoms. The van der Waals surface area contributed by atoms with Crippen molar-refractivity contribution < 1.29 is 9.59 Å². The van der Waals surface area contributed by atoms with E-state index in [1.54, 1.807) is 12.1 Å². The molecule has 0 saturated heterocycles. The highest BCUT2D eigenvalue weighted by Crippen LogP contribution is 2.27. The zero-order valence-corrected chi connectivity index (χ0v) is 13.3. The molecular formula is C17H16ClN3O2. The van der Waals surface area contributed by atoms with E-state index in [0.717, 1.165) is 16.9 Å². The maximum Gasteiger partial charge on any atom is 0.247 e. The predicted molar refractivity (Wildman–Crippen MR) is 91.9 cm³/mol. The minimum Gasteiger partial charge on any atom is -0.372 e. The molecule has 2 aromatic carbocycles. The van der Waals surface area contributed by atoms with Crippen molar-refractivity contribution in [2.45, 2.75) is 19.4 Å². The van der Waals surface area contributed by atoms with Crippen molar-refractivity contribution in [3.8, 4) is 0 Å². The molecule has 3 rings (SSSR count). The number of nitrogens with one attached hydrogen (secondary N) is 3. The van der Waals surface area contributed by atoms with Gasteiger partial charge in [0, 0.05) is 10.7 Å². The summed E-state index contributed by atoms with van der Waals surface area (Å²) < 4.78 is 0. The van der Waals surface area contributed by atoms with E-state index < -0.39 is 6.04 Å². The SMILES string of the molecule is Cc1ccc(Cl)cc1NC(=O)CC1Nc2ccccc2NC1=O.